The maximum Gasteiger partial charge on any atom is 0.419 e. The number of hydrogen-bond donors (Lipinski definition) is 1. The summed E-state index contributed by atoms with van der Waals surface area (Å²) >= 11 is 0. The van der Waals surface area contributed by atoms with Crippen molar-refractivity contribution in [3.63, 3.8) is 0 Å². The molecule has 0 radical (unpaired) electrons. The summed E-state index contributed by atoms with van der Waals surface area (Å²) in [6.07, 6.45) is -2.54. The predicted octanol–water partition coefficient (Wildman–Crippen LogP) is 3.17. The first-order valence-corrected chi connectivity index (χ1v) is 5.82. The van der Waals surface area contributed by atoms with Crippen LogP contribution in [0.15, 0.2) is 36.7 Å². The Morgan fingerprint density at radius 3 is 2.53 bits per heavy atom. The van der Waals surface area contributed by atoms with Gasteiger partial charge in [-0.05, 0) is 25.6 Å². The predicted molar refractivity (Wildman–Crippen MR) is 66.0 cm³/mol. The largest absolute Gasteiger partial charge is 0.419 e. The van der Waals surface area contributed by atoms with Crippen LogP contribution >= 0.6 is 0 Å². The van der Waals surface area contributed by atoms with E-state index in [1.807, 2.05) is 19.1 Å². The van der Waals surface area contributed by atoms with E-state index in [4.69, 9.17) is 0 Å². The van der Waals surface area contributed by atoms with Crippen LogP contribution in [0, 0.1) is 0 Å². The summed E-state index contributed by atoms with van der Waals surface area (Å²) in [7, 11) is 1.80. The molecule has 6 heteroatoms. The van der Waals surface area contributed by atoms with Gasteiger partial charge in [-0.3, -0.25) is 0 Å². The van der Waals surface area contributed by atoms with Crippen molar-refractivity contribution < 1.29 is 13.2 Å². The highest BCUT2D eigenvalue weighted by molar-refractivity contribution is 5.42. The second-order valence-corrected chi connectivity index (χ2v) is 4.24. The molecule has 1 atom stereocenters. The van der Waals surface area contributed by atoms with Gasteiger partial charge in [-0.25, -0.2) is 4.68 Å². The summed E-state index contributed by atoms with van der Waals surface area (Å²) in [5, 5.41) is 6.86. The van der Waals surface area contributed by atoms with Crippen molar-refractivity contribution in [3.05, 3.63) is 47.8 Å². The van der Waals surface area contributed by atoms with Gasteiger partial charge in [0.15, 0.2) is 0 Å². The van der Waals surface area contributed by atoms with Gasteiger partial charge in [-0.15, -0.1) is 0 Å². The molecule has 2 rings (SSSR count). The lowest BCUT2D eigenvalue weighted by Gasteiger charge is -2.15. The first kappa shape index (κ1) is 13.6. The van der Waals surface area contributed by atoms with E-state index in [1.165, 1.54) is 4.68 Å². The fraction of sp³-hybridized carbons (Fsp3) is 0.308. The van der Waals surface area contributed by atoms with Crippen molar-refractivity contribution in [1.82, 2.24) is 15.1 Å². The van der Waals surface area contributed by atoms with Gasteiger partial charge >= 0.3 is 6.18 Å². The fourth-order valence-electron chi connectivity index (χ4n) is 1.82. The SMILES string of the molecule is CNC(C)c1ccccc1-n1cc(C(F)(F)F)cn1. The molecule has 1 aromatic heterocycles. The summed E-state index contributed by atoms with van der Waals surface area (Å²) in [5.41, 5.74) is 0.779. The Labute approximate surface area is 109 Å². The summed E-state index contributed by atoms with van der Waals surface area (Å²) in [4.78, 5) is 0. The minimum Gasteiger partial charge on any atom is -0.313 e. The van der Waals surface area contributed by atoms with Crippen molar-refractivity contribution in [2.75, 3.05) is 7.05 Å². The van der Waals surface area contributed by atoms with Gasteiger partial charge in [-0.1, -0.05) is 18.2 Å². The molecule has 0 bridgehead atoms. The minimum absolute atomic E-state index is 0.0229. The Hall–Kier alpha value is -1.82. The van der Waals surface area contributed by atoms with Gasteiger partial charge in [0.2, 0.25) is 0 Å². The van der Waals surface area contributed by atoms with Gasteiger partial charge in [0.25, 0.3) is 0 Å². The monoisotopic (exact) mass is 269 g/mol. The molecule has 0 amide bonds. The summed E-state index contributed by atoms with van der Waals surface area (Å²) in [6.45, 7) is 1.94. The van der Waals surface area contributed by atoms with Crippen molar-refractivity contribution >= 4 is 0 Å². The van der Waals surface area contributed by atoms with Gasteiger partial charge in [-0.2, -0.15) is 18.3 Å². The third-order valence-corrected chi connectivity index (χ3v) is 2.99. The van der Waals surface area contributed by atoms with Crippen LogP contribution in [0.4, 0.5) is 13.2 Å². The van der Waals surface area contributed by atoms with E-state index < -0.39 is 11.7 Å². The topological polar surface area (TPSA) is 29.9 Å². The van der Waals surface area contributed by atoms with Gasteiger partial charge in [0, 0.05) is 12.2 Å². The number of hydrogen-bond acceptors (Lipinski definition) is 2. The molecule has 2 aromatic rings. The molecule has 0 fully saturated rings. The second kappa shape index (κ2) is 5.05. The molecule has 3 nitrogen and oxygen atoms in total. The number of rotatable bonds is 3. The van der Waals surface area contributed by atoms with E-state index in [0.717, 1.165) is 18.0 Å². The lowest BCUT2D eigenvalue weighted by molar-refractivity contribution is -0.137. The van der Waals surface area contributed by atoms with Crippen LogP contribution in [0.3, 0.4) is 0 Å². The molecular weight excluding hydrogens is 255 g/mol. The normalized spacial score (nSPS) is 13.5. The average molecular weight is 269 g/mol. The standard InChI is InChI=1S/C13H14F3N3/c1-9(17-2)11-5-3-4-6-12(11)19-8-10(7-18-19)13(14,15)16/h3-9,17H,1-2H3. The summed E-state index contributed by atoms with van der Waals surface area (Å²) in [6, 6.07) is 7.26. The van der Waals surface area contributed by atoms with E-state index >= 15 is 0 Å². The third kappa shape index (κ3) is 2.78. The number of aromatic nitrogens is 2. The number of nitrogens with one attached hydrogen (secondary N) is 1. The first-order chi connectivity index (χ1) is 8.93. The van der Waals surface area contributed by atoms with E-state index in [1.54, 1.807) is 19.2 Å². The Morgan fingerprint density at radius 1 is 1.26 bits per heavy atom. The maximum absolute atomic E-state index is 12.6. The van der Waals surface area contributed by atoms with Gasteiger partial charge in [0.05, 0.1) is 17.4 Å². The Balaban J connectivity index is 2.45. The minimum atomic E-state index is -4.37. The average Bonchev–Trinajstić information content (AvgIpc) is 2.87. The first-order valence-electron chi connectivity index (χ1n) is 5.82. The van der Waals surface area contributed by atoms with Crippen LogP contribution in [0.5, 0.6) is 0 Å². The Bertz CT molecular complexity index is 560. The molecule has 1 N–H and O–H groups in total. The number of para-hydroxylation sites is 1. The highest BCUT2D eigenvalue weighted by Crippen LogP contribution is 2.30. The van der Waals surface area contributed by atoms with Crippen LogP contribution in [-0.2, 0) is 6.18 Å². The van der Waals surface area contributed by atoms with Gasteiger partial charge < -0.3 is 5.32 Å². The summed E-state index contributed by atoms with van der Waals surface area (Å²) in [5.74, 6) is 0. The second-order valence-electron chi connectivity index (χ2n) is 4.24. The molecule has 0 spiro atoms. The summed E-state index contributed by atoms with van der Waals surface area (Å²) < 4.78 is 39.0. The zero-order valence-corrected chi connectivity index (χ0v) is 10.6. The van der Waals surface area contributed by atoms with Crippen LogP contribution in [0.1, 0.15) is 24.1 Å². The lowest BCUT2D eigenvalue weighted by Crippen LogP contribution is -2.15. The smallest absolute Gasteiger partial charge is 0.313 e. The van der Waals surface area contributed by atoms with Gasteiger partial charge in [0.1, 0.15) is 0 Å². The Morgan fingerprint density at radius 2 is 1.95 bits per heavy atom. The van der Waals surface area contributed by atoms with E-state index in [-0.39, 0.29) is 6.04 Å². The molecule has 1 aromatic carbocycles. The molecule has 1 unspecified atom stereocenters. The highest BCUT2D eigenvalue weighted by atomic mass is 19.4. The molecule has 0 aliphatic heterocycles. The quantitative estimate of drug-likeness (QED) is 0.927. The van der Waals surface area contributed by atoms with Crippen LogP contribution < -0.4 is 5.32 Å². The zero-order chi connectivity index (χ0) is 14.0. The molecule has 102 valence electrons. The third-order valence-electron chi connectivity index (χ3n) is 2.99. The number of alkyl halides is 3. The van der Waals surface area contributed by atoms with Crippen LogP contribution in [0.25, 0.3) is 5.69 Å². The zero-order valence-electron chi connectivity index (χ0n) is 10.6. The number of halogens is 3. The van der Waals surface area contributed by atoms with Crippen molar-refractivity contribution in [2.45, 2.75) is 19.1 Å². The van der Waals surface area contributed by atoms with Crippen molar-refractivity contribution in [2.24, 2.45) is 0 Å². The van der Waals surface area contributed by atoms with E-state index in [2.05, 4.69) is 10.4 Å². The molecule has 0 saturated carbocycles. The Kier molecular flexibility index (Phi) is 3.61. The fourth-order valence-corrected chi connectivity index (χ4v) is 1.82. The molecule has 19 heavy (non-hydrogen) atoms. The van der Waals surface area contributed by atoms with Crippen molar-refractivity contribution in [1.29, 1.82) is 0 Å². The van der Waals surface area contributed by atoms with E-state index in [9.17, 15) is 13.2 Å². The number of nitrogens with zero attached hydrogens (tertiary/aromatic N) is 2. The molecule has 0 aliphatic carbocycles. The van der Waals surface area contributed by atoms with E-state index in [0.29, 0.717) is 5.69 Å². The maximum atomic E-state index is 12.6. The van der Waals surface area contributed by atoms with Crippen molar-refractivity contribution in [3.8, 4) is 5.69 Å². The molecule has 0 aliphatic rings. The molecular formula is C13H14F3N3. The molecule has 0 saturated heterocycles. The van der Waals surface area contributed by atoms with Crippen LogP contribution in [0.2, 0.25) is 0 Å². The lowest BCUT2D eigenvalue weighted by atomic mass is 10.1. The van der Waals surface area contributed by atoms with Crippen LogP contribution in [-0.4, -0.2) is 16.8 Å². The molecule has 1 heterocycles. The highest BCUT2D eigenvalue weighted by Gasteiger charge is 2.32. The number of benzene rings is 1.